The first kappa shape index (κ1) is 14.1. The molecule has 1 saturated carbocycles. The van der Waals surface area contributed by atoms with Crippen LogP contribution in [0.5, 0.6) is 0 Å². The highest BCUT2D eigenvalue weighted by Crippen LogP contribution is 2.17. The van der Waals surface area contributed by atoms with Gasteiger partial charge in [-0.15, -0.1) is 0 Å². The number of nitrogens with zero attached hydrogens (tertiary/aromatic N) is 2. The van der Waals surface area contributed by atoms with Gasteiger partial charge in [-0.05, 0) is 19.9 Å². The molecule has 0 aliphatic heterocycles. The lowest BCUT2D eigenvalue weighted by Gasteiger charge is -2.16. The van der Waals surface area contributed by atoms with E-state index in [1.165, 1.54) is 25.7 Å². The Kier molecular flexibility index (Phi) is 5.39. The lowest BCUT2D eigenvalue weighted by atomic mass is 10.1. The lowest BCUT2D eigenvalue weighted by molar-refractivity contribution is -0.122. The average Bonchev–Trinajstić information content (AvgIpc) is 2.65. The zero-order chi connectivity index (χ0) is 13.5. The van der Waals surface area contributed by atoms with Gasteiger partial charge in [-0.3, -0.25) is 4.79 Å². The largest absolute Gasteiger partial charge is 0.352 e. The maximum atomic E-state index is 12.0. The van der Waals surface area contributed by atoms with Crippen LogP contribution in [-0.2, 0) is 17.9 Å². The van der Waals surface area contributed by atoms with Crippen molar-refractivity contribution < 1.29 is 4.79 Å². The van der Waals surface area contributed by atoms with E-state index in [1.807, 2.05) is 17.8 Å². The second kappa shape index (κ2) is 7.28. The number of carbonyl (C=O) groups excluding carboxylic acids is 1. The van der Waals surface area contributed by atoms with Crippen LogP contribution in [0.3, 0.4) is 0 Å². The minimum atomic E-state index is 0.0975. The van der Waals surface area contributed by atoms with Crippen molar-refractivity contribution >= 4 is 5.91 Å². The monoisotopic (exact) mass is 264 g/mol. The van der Waals surface area contributed by atoms with Crippen molar-refractivity contribution in [1.82, 2.24) is 20.2 Å². The summed E-state index contributed by atoms with van der Waals surface area (Å²) < 4.78 is 1.85. The van der Waals surface area contributed by atoms with Crippen molar-refractivity contribution in [3.63, 3.8) is 0 Å². The van der Waals surface area contributed by atoms with Crippen molar-refractivity contribution in [2.75, 3.05) is 7.05 Å². The van der Waals surface area contributed by atoms with E-state index in [0.717, 1.165) is 25.1 Å². The molecule has 1 aromatic heterocycles. The van der Waals surface area contributed by atoms with E-state index in [2.05, 4.69) is 15.6 Å². The van der Waals surface area contributed by atoms with Crippen LogP contribution < -0.4 is 10.6 Å². The molecule has 1 aliphatic rings. The van der Waals surface area contributed by atoms with Crippen molar-refractivity contribution in [3.8, 4) is 0 Å². The Morgan fingerprint density at radius 2 is 2.11 bits per heavy atom. The molecule has 1 fully saturated rings. The van der Waals surface area contributed by atoms with E-state index in [9.17, 15) is 4.79 Å². The Bertz CT molecular complexity index is 394. The fourth-order valence-corrected chi connectivity index (χ4v) is 2.63. The van der Waals surface area contributed by atoms with Crippen LogP contribution in [0, 0.1) is 0 Å². The number of hydrogen-bond donors (Lipinski definition) is 2. The molecule has 5 nitrogen and oxygen atoms in total. The first-order chi connectivity index (χ1) is 9.28. The summed E-state index contributed by atoms with van der Waals surface area (Å²) in [5.41, 5.74) is 0.963. The predicted molar refractivity (Wildman–Crippen MR) is 74.6 cm³/mol. The van der Waals surface area contributed by atoms with E-state index in [0.29, 0.717) is 12.6 Å². The fourth-order valence-electron chi connectivity index (χ4n) is 2.63. The van der Waals surface area contributed by atoms with Gasteiger partial charge in [0.1, 0.15) is 6.54 Å². The number of imidazole rings is 1. The van der Waals surface area contributed by atoms with Gasteiger partial charge in [-0.2, -0.15) is 0 Å². The van der Waals surface area contributed by atoms with Crippen molar-refractivity contribution in [2.45, 2.75) is 57.7 Å². The highest BCUT2D eigenvalue weighted by Gasteiger charge is 2.14. The molecule has 2 rings (SSSR count). The van der Waals surface area contributed by atoms with Gasteiger partial charge >= 0.3 is 0 Å². The molecule has 0 spiro atoms. The summed E-state index contributed by atoms with van der Waals surface area (Å²) in [7, 11) is 1.89. The molecule has 1 aliphatic carbocycles. The summed E-state index contributed by atoms with van der Waals surface area (Å²) in [5.74, 6) is 0.0975. The van der Waals surface area contributed by atoms with Crippen molar-refractivity contribution in [1.29, 1.82) is 0 Å². The Balaban J connectivity index is 1.79. The number of hydrogen-bond acceptors (Lipinski definition) is 3. The molecule has 0 aromatic carbocycles. The number of rotatable bonds is 5. The highest BCUT2D eigenvalue weighted by molar-refractivity contribution is 5.76. The van der Waals surface area contributed by atoms with Gasteiger partial charge in [0.15, 0.2) is 0 Å². The predicted octanol–water partition coefficient (Wildman–Crippen LogP) is 1.44. The van der Waals surface area contributed by atoms with E-state index in [1.54, 1.807) is 6.33 Å². The summed E-state index contributed by atoms with van der Waals surface area (Å²) in [6.45, 7) is 1.10. The third kappa shape index (κ3) is 4.67. The Hall–Kier alpha value is -1.36. The van der Waals surface area contributed by atoms with Crippen LogP contribution >= 0.6 is 0 Å². The molecule has 1 aromatic rings. The molecular formula is C14H24N4O. The third-order valence-corrected chi connectivity index (χ3v) is 3.59. The summed E-state index contributed by atoms with van der Waals surface area (Å²) >= 11 is 0. The lowest BCUT2D eigenvalue weighted by Crippen LogP contribution is -2.36. The zero-order valence-electron chi connectivity index (χ0n) is 11.7. The molecule has 0 bridgehead atoms. The van der Waals surface area contributed by atoms with Crippen molar-refractivity contribution in [2.24, 2.45) is 0 Å². The minimum Gasteiger partial charge on any atom is -0.352 e. The van der Waals surface area contributed by atoms with Gasteiger partial charge in [0.25, 0.3) is 0 Å². The number of amides is 1. The summed E-state index contributed by atoms with van der Waals surface area (Å²) in [4.78, 5) is 16.2. The zero-order valence-corrected chi connectivity index (χ0v) is 11.7. The van der Waals surface area contributed by atoms with Crippen molar-refractivity contribution in [3.05, 3.63) is 18.2 Å². The van der Waals surface area contributed by atoms with Crippen LogP contribution in [0.4, 0.5) is 0 Å². The second-order valence-corrected chi connectivity index (χ2v) is 5.32. The van der Waals surface area contributed by atoms with Crippen LogP contribution in [0.2, 0.25) is 0 Å². The van der Waals surface area contributed by atoms with E-state index >= 15 is 0 Å². The summed E-state index contributed by atoms with van der Waals surface area (Å²) in [5, 5.41) is 6.19. The number of carbonyl (C=O) groups is 1. The molecule has 19 heavy (non-hydrogen) atoms. The van der Waals surface area contributed by atoms with Gasteiger partial charge in [-0.1, -0.05) is 25.7 Å². The SMILES string of the molecule is CNCc1cn(CC(=O)NC2CCCCCC2)cn1. The van der Waals surface area contributed by atoms with E-state index < -0.39 is 0 Å². The third-order valence-electron chi connectivity index (χ3n) is 3.59. The molecule has 1 heterocycles. The van der Waals surface area contributed by atoms with Gasteiger partial charge in [-0.25, -0.2) is 4.98 Å². The van der Waals surface area contributed by atoms with E-state index in [-0.39, 0.29) is 5.91 Å². The van der Waals surface area contributed by atoms with Gasteiger partial charge in [0.05, 0.1) is 12.0 Å². The summed E-state index contributed by atoms with van der Waals surface area (Å²) in [6.07, 6.45) is 11.0. The second-order valence-electron chi connectivity index (χ2n) is 5.32. The maximum absolute atomic E-state index is 12.0. The topological polar surface area (TPSA) is 59.0 Å². The molecular weight excluding hydrogens is 240 g/mol. The minimum absolute atomic E-state index is 0.0975. The Morgan fingerprint density at radius 3 is 2.79 bits per heavy atom. The van der Waals surface area contributed by atoms with Crippen LogP contribution in [-0.4, -0.2) is 28.5 Å². The number of aromatic nitrogens is 2. The average molecular weight is 264 g/mol. The quantitative estimate of drug-likeness (QED) is 0.791. The molecule has 5 heteroatoms. The maximum Gasteiger partial charge on any atom is 0.240 e. The Morgan fingerprint density at radius 1 is 1.37 bits per heavy atom. The summed E-state index contributed by atoms with van der Waals surface area (Å²) in [6, 6.07) is 0.371. The molecule has 106 valence electrons. The molecule has 0 unspecified atom stereocenters. The van der Waals surface area contributed by atoms with Crippen LogP contribution in [0.25, 0.3) is 0 Å². The molecule has 1 amide bonds. The number of nitrogens with one attached hydrogen (secondary N) is 2. The standard InChI is InChI=1S/C14H24N4O/c1-15-8-13-9-18(11-16-13)10-14(19)17-12-6-4-2-3-5-7-12/h9,11-12,15H,2-8,10H2,1H3,(H,17,19). The first-order valence-corrected chi connectivity index (χ1v) is 7.22. The molecule has 0 radical (unpaired) electrons. The molecule has 0 saturated heterocycles. The first-order valence-electron chi connectivity index (χ1n) is 7.22. The van der Waals surface area contributed by atoms with Crippen LogP contribution in [0.15, 0.2) is 12.5 Å². The highest BCUT2D eigenvalue weighted by atomic mass is 16.2. The van der Waals surface area contributed by atoms with Gasteiger partial charge in [0, 0.05) is 18.8 Å². The Labute approximate surface area is 114 Å². The van der Waals surface area contributed by atoms with Gasteiger partial charge < -0.3 is 15.2 Å². The molecule has 0 atom stereocenters. The van der Waals surface area contributed by atoms with Crippen LogP contribution in [0.1, 0.15) is 44.2 Å². The fraction of sp³-hybridized carbons (Fsp3) is 0.714. The van der Waals surface area contributed by atoms with E-state index in [4.69, 9.17) is 0 Å². The van der Waals surface area contributed by atoms with Gasteiger partial charge in [0.2, 0.25) is 5.91 Å². The normalized spacial score (nSPS) is 17.1. The molecule has 2 N–H and O–H groups in total. The smallest absolute Gasteiger partial charge is 0.240 e.